The first kappa shape index (κ1) is 10.5. The monoisotopic (exact) mass is 198 g/mol. The highest BCUT2D eigenvalue weighted by atomic mass is 16.5. The lowest BCUT2D eigenvalue weighted by atomic mass is 10.4. The summed E-state index contributed by atoms with van der Waals surface area (Å²) in [6.07, 6.45) is 1.40. The molecule has 14 heavy (non-hydrogen) atoms. The van der Waals surface area contributed by atoms with Crippen molar-refractivity contribution in [1.29, 1.82) is 0 Å². The number of nitrogens with one attached hydrogen (secondary N) is 1. The Morgan fingerprint density at radius 2 is 2.14 bits per heavy atom. The maximum absolute atomic E-state index is 5.36. The van der Waals surface area contributed by atoms with Gasteiger partial charge in [-0.15, -0.1) is 0 Å². The van der Waals surface area contributed by atoms with Crippen molar-refractivity contribution in [2.75, 3.05) is 32.6 Å². The molecular formula is C8H14N4O2. The van der Waals surface area contributed by atoms with Gasteiger partial charge in [-0.25, -0.2) is 4.98 Å². The molecule has 6 heteroatoms. The molecule has 1 aromatic heterocycles. The van der Waals surface area contributed by atoms with E-state index in [4.69, 9.17) is 15.2 Å². The summed E-state index contributed by atoms with van der Waals surface area (Å²) >= 11 is 0. The summed E-state index contributed by atoms with van der Waals surface area (Å²) in [5.74, 6) is 1.48. The molecule has 0 aromatic carbocycles. The normalized spacial score (nSPS) is 9.64. The van der Waals surface area contributed by atoms with Crippen molar-refractivity contribution >= 4 is 5.82 Å². The molecule has 0 spiro atoms. The number of hydrogen-bond donors (Lipinski definition) is 2. The summed E-state index contributed by atoms with van der Waals surface area (Å²) < 4.78 is 10.1. The van der Waals surface area contributed by atoms with Gasteiger partial charge in [-0.2, -0.15) is 4.98 Å². The summed E-state index contributed by atoms with van der Waals surface area (Å²) in [7, 11) is 3.06. The van der Waals surface area contributed by atoms with Crippen molar-refractivity contribution < 1.29 is 9.47 Å². The Labute approximate surface area is 82.4 Å². The van der Waals surface area contributed by atoms with Gasteiger partial charge >= 0.3 is 0 Å². The number of aromatic nitrogens is 2. The van der Waals surface area contributed by atoms with Gasteiger partial charge in [-0.05, 0) is 0 Å². The van der Waals surface area contributed by atoms with Crippen LogP contribution in [0.5, 0.6) is 11.6 Å². The first-order valence-electron chi connectivity index (χ1n) is 4.20. The standard InChI is InChI=1S/C8H14N4O2/c1-13-6-7(10-4-3-9)11-5-12-8(6)14-2/h5H,3-4,9H2,1-2H3,(H,10,11,12). The van der Waals surface area contributed by atoms with E-state index in [-0.39, 0.29) is 0 Å². The van der Waals surface area contributed by atoms with Gasteiger partial charge in [0.25, 0.3) is 5.88 Å². The fourth-order valence-corrected chi connectivity index (χ4v) is 1.00. The van der Waals surface area contributed by atoms with E-state index in [9.17, 15) is 0 Å². The van der Waals surface area contributed by atoms with E-state index in [2.05, 4.69) is 15.3 Å². The van der Waals surface area contributed by atoms with Crippen LogP contribution >= 0.6 is 0 Å². The molecular weight excluding hydrogens is 184 g/mol. The summed E-state index contributed by atoms with van der Waals surface area (Å²) in [5, 5.41) is 3.01. The third kappa shape index (κ3) is 2.23. The molecule has 0 bridgehead atoms. The van der Waals surface area contributed by atoms with Crippen molar-refractivity contribution in [3.05, 3.63) is 6.33 Å². The minimum atomic E-state index is 0.405. The van der Waals surface area contributed by atoms with E-state index >= 15 is 0 Å². The van der Waals surface area contributed by atoms with Crippen LogP contribution in [0.4, 0.5) is 5.82 Å². The lowest BCUT2D eigenvalue weighted by Crippen LogP contribution is -2.14. The van der Waals surface area contributed by atoms with Crippen molar-refractivity contribution in [3.8, 4) is 11.6 Å². The number of hydrogen-bond acceptors (Lipinski definition) is 6. The molecule has 6 nitrogen and oxygen atoms in total. The lowest BCUT2D eigenvalue weighted by Gasteiger charge is -2.10. The minimum absolute atomic E-state index is 0.405. The van der Waals surface area contributed by atoms with Crippen molar-refractivity contribution in [1.82, 2.24) is 9.97 Å². The van der Waals surface area contributed by atoms with Crippen molar-refractivity contribution in [2.24, 2.45) is 5.73 Å². The smallest absolute Gasteiger partial charge is 0.262 e. The highest BCUT2D eigenvalue weighted by Gasteiger charge is 2.11. The Morgan fingerprint density at radius 1 is 1.36 bits per heavy atom. The molecule has 0 atom stereocenters. The highest BCUT2D eigenvalue weighted by molar-refractivity contribution is 5.54. The summed E-state index contributed by atoms with van der Waals surface area (Å²) in [5.41, 5.74) is 5.36. The zero-order valence-electron chi connectivity index (χ0n) is 8.28. The number of methoxy groups -OCH3 is 2. The van der Waals surface area contributed by atoms with Gasteiger partial charge in [0.1, 0.15) is 6.33 Å². The van der Waals surface area contributed by atoms with Crippen LogP contribution in [0, 0.1) is 0 Å². The average Bonchev–Trinajstić information content (AvgIpc) is 2.25. The second-order valence-corrected chi connectivity index (χ2v) is 2.48. The van der Waals surface area contributed by atoms with Crippen molar-refractivity contribution in [3.63, 3.8) is 0 Å². The fourth-order valence-electron chi connectivity index (χ4n) is 1.00. The predicted octanol–water partition coefficient (Wildman–Crippen LogP) is -0.136. The van der Waals surface area contributed by atoms with E-state index < -0.39 is 0 Å². The molecule has 78 valence electrons. The van der Waals surface area contributed by atoms with E-state index in [0.29, 0.717) is 30.5 Å². The van der Waals surface area contributed by atoms with E-state index in [1.54, 1.807) is 0 Å². The molecule has 1 aromatic rings. The van der Waals surface area contributed by atoms with Gasteiger partial charge in [0.05, 0.1) is 14.2 Å². The molecule has 0 fully saturated rings. The van der Waals surface area contributed by atoms with Crippen molar-refractivity contribution in [2.45, 2.75) is 0 Å². The molecule has 0 aliphatic rings. The molecule has 1 rings (SSSR count). The third-order valence-corrected chi connectivity index (χ3v) is 1.61. The van der Waals surface area contributed by atoms with Gasteiger partial charge in [-0.1, -0.05) is 0 Å². The quantitative estimate of drug-likeness (QED) is 0.685. The Hall–Kier alpha value is -1.56. The van der Waals surface area contributed by atoms with Gasteiger partial charge in [0, 0.05) is 13.1 Å². The number of rotatable bonds is 5. The molecule has 0 saturated carbocycles. The largest absolute Gasteiger partial charge is 0.489 e. The van der Waals surface area contributed by atoms with Crippen LogP contribution in [0.1, 0.15) is 0 Å². The van der Waals surface area contributed by atoms with Crippen LogP contribution in [-0.2, 0) is 0 Å². The van der Waals surface area contributed by atoms with Crippen LogP contribution in [0.25, 0.3) is 0 Å². The number of anilines is 1. The second kappa shape index (κ2) is 5.23. The Bertz CT molecular complexity index is 293. The Kier molecular flexibility index (Phi) is 3.93. The molecule has 1 heterocycles. The minimum Gasteiger partial charge on any atom is -0.489 e. The SMILES string of the molecule is COc1ncnc(NCCN)c1OC. The van der Waals surface area contributed by atoms with Crippen LogP contribution in [0.15, 0.2) is 6.33 Å². The molecule has 0 unspecified atom stereocenters. The third-order valence-electron chi connectivity index (χ3n) is 1.61. The highest BCUT2D eigenvalue weighted by Crippen LogP contribution is 2.29. The number of ether oxygens (including phenoxy) is 2. The maximum Gasteiger partial charge on any atom is 0.262 e. The predicted molar refractivity (Wildman–Crippen MR) is 52.7 cm³/mol. The van der Waals surface area contributed by atoms with Crippen LogP contribution < -0.4 is 20.5 Å². The van der Waals surface area contributed by atoms with Crippen LogP contribution in [0.3, 0.4) is 0 Å². The Balaban J connectivity index is 2.90. The van der Waals surface area contributed by atoms with Gasteiger partial charge in [0.15, 0.2) is 5.82 Å². The topological polar surface area (TPSA) is 82.3 Å². The first-order valence-corrected chi connectivity index (χ1v) is 4.20. The first-order chi connectivity index (χ1) is 6.83. The molecule has 3 N–H and O–H groups in total. The summed E-state index contributed by atoms with van der Waals surface area (Å²) in [6.45, 7) is 1.14. The molecule has 0 aliphatic carbocycles. The number of nitrogens with two attached hydrogens (primary N) is 1. The van der Waals surface area contributed by atoms with Gasteiger partial charge < -0.3 is 20.5 Å². The maximum atomic E-state index is 5.36. The van der Waals surface area contributed by atoms with Gasteiger partial charge in [-0.3, -0.25) is 0 Å². The zero-order valence-corrected chi connectivity index (χ0v) is 8.28. The molecule has 0 saturated heterocycles. The molecule has 0 radical (unpaired) electrons. The second-order valence-electron chi connectivity index (χ2n) is 2.48. The van der Waals surface area contributed by atoms with E-state index in [0.717, 1.165) is 0 Å². The van der Waals surface area contributed by atoms with Crippen LogP contribution in [0.2, 0.25) is 0 Å². The number of nitrogens with zero attached hydrogens (tertiary/aromatic N) is 2. The van der Waals surface area contributed by atoms with Gasteiger partial charge in [0.2, 0.25) is 5.75 Å². The fraction of sp³-hybridized carbons (Fsp3) is 0.500. The molecule has 0 aliphatic heterocycles. The summed E-state index contributed by atoms with van der Waals surface area (Å²) in [6, 6.07) is 0. The Morgan fingerprint density at radius 3 is 2.71 bits per heavy atom. The van der Waals surface area contributed by atoms with Crippen LogP contribution in [-0.4, -0.2) is 37.3 Å². The lowest BCUT2D eigenvalue weighted by molar-refractivity contribution is 0.342. The van der Waals surface area contributed by atoms with E-state index in [1.807, 2.05) is 0 Å². The zero-order chi connectivity index (χ0) is 10.4. The summed E-state index contributed by atoms with van der Waals surface area (Å²) in [4.78, 5) is 7.92. The van der Waals surface area contributed by atoms with E-state index in [1.165, 1.54) is 20.5 Å². The molecule has 0 amide bonds. The average molecular weight is 198 g/mol.